The van der Waals surface area contributed by atoms with Crippen molar-refractivity contribution in [2.75, 3.05) is 30.3 Å². The molecule has 0 aliphatic carbocycles. The molecule has 0 radical (unpaired) electrons. The van der Waals surface area contributed by atoms with Gasteiger partial charge in [-0.1, -0.05) is 6.07 Å². The molecule has 3 heterocycles. The average molecular weight is 290 g/mol. The summed E-state index contributed by atoms with van der Waals surface area (Å²) in [5, 5.41) is 0. The Bertz CT molecular complexity index is 605. The highest BCUT2D eigenvalue weighted by atomic mass is 32.2. The molecule has 20 heavy (non-hydrogen) atoms. The third-order valence-electron chi connectivity index (χ3n) is 3.71. The van der Waals surface area contributed by atoms with E-state index in [0.29, 0.717) is 6.54 Å². The monoisotopic (exact) mass is 290 g/mol. The van der Waals surface area contributed by atoms with Gasteiger partial charge in [0, 0.05) is 36.2 Å². The van der Waals surface area contributed by atoms with E-state index < -0.39 is 0 Å². The molecule has 0 saturated carbocycles. The molecule has 108 valence electrons. The molecule has 0 unspecified atom stereocenters. The average Bonchev–Trinajstić information content (AvgIpc) is 2.77. The van der Waals surface area contributed by atoms with E-state index in [1.54, 1.807) is 0 Å². The standard InChI is InChI=1S/C15H22N4S/c1-15(2)11-18(9-10-20-15)14-12(6-7-16)19-8-4-3-5-13(19)17-14/h3-5,8H,6-7,9-11,16H2,1-2H3. The fraction of sp³-hybridized carbons (Fsp3) is 0.533. The van der Waals surface area contributed by atoms with Crippen LogP contribution in [-0.4, -0.2) is 39.5 Å². The first-order chi connectivity index (χ1) is 9.61. The van der Waals surface area contributed by atoms with Crippen LogP contribution in [0.4, 0.5) is 5.82 Å². The molecule has 5 heteroatoms. The molecule has 1 aliphatic rings. The van der Waals surface area contributed by atoms with Crippen molar-refractivity contribution in [3.8, 4) is 0 Å². The number of rotatable bonds is 3. The zero-order valence-electron chi connectivity index (χ0n) is 12.2. The van der Waals surface area contributed by atoms with Gasteiger partial charge in [-0.15, -0.1) is 0 Å². The number of nitrogens with two attached hydrogens (primary N) is 1. The lowest BCUT2D eigenvalue weighted by Gasteiger charge is -2.38. The lowest BCUT2D eigenvalue weighted by atomic mass is 10.1. The molecule has 0 bridgehead atoms. The molecule has 0 spiro atoms. The van der Waals surface area contributed by atoms with Crippen molar-refractivity contribution in [2.45, 2.75) is 25.0 Å². The Hall–Kier alpha value is -1.20. The number of hydrogen-bond acceptors (Lipinski definition) is 4. The minimum atomic E-state index is 0.286. The van der Waals surface area contributed by atoms with E-state index in [0.717, 1.165) is 36.7 Å². The molecule has 4 nitrogen and oxygen atoms in total. The van der Waals surface area contributed by atoms with E-state index in [1.165, 1.54) is 5.69 Å². The number of fused-ring (bicyclic) bond motifs is 1. The number of nitrogens with zero attached hydrogens (tertiary/aromatic N) is 3. The Morgan fingerprint density at radius 3 is 3.00 bits per heavy atom. The van der Waals surface area contributed by atoms with Crippen LogP contribution in [-0.2, 0) is 6.42 Å². The Morgan fingerprint density at radius 2 is 2.25 bits per heavy atom. The summed E-state index contributed by atoms with van der Waals surface area (Å²) in [6.45, 7) is 7.38. The molecular formula is C15H22N4S. The second-order valence-corrected chi connectivity index (χ2v) is 7.68. The number of imidazole rings is 1. The lowest BCUT2D eigenvalue weighted by Crippen LogP contribution is -2.43. The Kier molecular flexibility index (Phi) is 3.65. The van der Waals surface area contributed by atoms with Crippen molar-refractivity contribution in [3.63, 3.8) is 0 Å². The lowest BCUT2D eigenvalue weighted by molar-refractivity contribution is 0.640. The molecule has 2 N–H and O–H groups in total. The Balaban J connectivity index is 2.03. The van der Waals surface area contributed by atoms with Crippen LogP contribution in [0, 0.1) is 0 Å². The highest BCUT2D eigenvalue weighted by molar-refractivity contribution is 8.00. The van der Waals surface area contributed by atoms with Crippen LogP contribution >= 0.6 is 11.8 Å². The van der Waals surface area contributed by atoms with Crippen molar-refractivity contribution in [2.24, 2.45) is 5.73 Å². The van der Waals surface area contributed by atoms with Gasteiger partial charge in [0.05, 0.1) is 5.69 Å². The van der Waals surface area contributed by atoms with Crippen molar-refractivity contribution < 1.29 is 0 Å². The maximum absolute atomic E-state index is 5.80. The van der Waals surface area contributed by atoms with Gasteiger partial charge in [0.1, 0.15) is 5.65 Å². The number of anilines is 1. The van der Waals surface area contributed by atoms with E-state index in [4.69, 9.17) is 10.7 Å². The highest BCUT2D eigenvalue weighted by Gasteiger charge is 2.29. The topological polar surface area (TPSA) is 46.6 Å². The summed E-state index contributed by atoms with van der Waals surface area (Å²) < 4.78 is 2.46. The third kappa shape index (κ3) is 2.52. The smallest absolute Gasteiger partial charge is 0.151 e. The van der Waals surface area contributed by atoms with Crippen LogP contribution in [0.5, 0.6) is 0 Å². The Labute approximate surface area is 124 Å². The van der Waals surface area contributed by atoms with Crippen molar-refractivity contribution in [1.82, 2.24) is 9.38 Å². The van der Waals surface area contributed by atoms with E-state index in [2.05, 4.69) is 41.5 Å². The zero-order valence-corrected chi connectivity index (χ0v) is 13.0. The van der Waals surface area contributed by atoms with Crippen LogP contribution in [0.15, 0.2) is 24.4 Å². The van der Waals surface area contributed by atoms with Gasteiger partial charge in [-0.25, -0.2) is 4.98 Å². The first-order valence-corrected chi connectivity index (χ1v) is 8.14. The van der Waals surface area contributed by atoms with Crippen LogP contribution < -0.4 is 10.6 Å². The number of hydrogen-bond donors (Lipinski definition) is 1. The van der Waals surface area contributed by atoms with Crippen molar-refractivity contribution >= 4 is 23.2 Å². The van der Waals surface area contributed by atoms with Gasteiger partial charge in [0.2, 0.25) is 0 Å². The first-order valence-electron chi connectivity index (χ1n) is 7.16. The molecule has 3 rings (SSSR count). The maximum Gasteiger partial charge on any atom is 0.151 e. The molecule has 1 fully saturated rings. The quantitative estimate of drug-likeness (QED) is 0.941. The molecule has 0 atom stereocenters. The largest absolute Gasteiger partial charge is 0.353 e. The van der Waals surface area contributed by atoms with Gasteiger partial charge in [0.25, 0.3) is 0 Å². The summed E-state index contributed by atoms with van der Waals surface area (Å²) in [6.07, 6.45) is 2.95. The zero-order chi connectivity index (χ0) is 14.2. The second kappa shape index (κ2) is 5.30. The fourth-order valence-corrected chi connectivity index (χ4v) is 3.97. The van der Waals surface area contributed by atoms with Crippen LogP contribution in [0.3, 0.4) is 0 Å². The van der Waals surface area contributed by atoms with E-state index in [1.807, 2.05) is 17.8 Å². The molecule has 2 aromatic rings. The van der Waals surface area contributed by atoms with Crippen molar-refractivity contribution in [1.29, 1.82) is 0 Å². The third-order valence-corrected chi connectivity index (χ3v) is 5.01. The molecule has 1 aliphatic heterocycles. The minimum absolute atomic E-state index is 0.286. The summed E-state index contributed by atoms with van der Waals surface area (Å²) in [5.74, 6) is 2.28. The summed E-state index contributed by atoms with van der Waals surface area (Å²) in [4.78, 5) is 7.27. The summed E-state index contributed by atoms with van der Waals surface area (Å²) >= 11 is 2.04. The van der Waals surface area contributed by atoms with Crippen molar-refractivity contribution in [3.05, 3.63) is 30.1 Å². The molecule has 0 amide bonds. The van der Waals surface area contributed by atoms with Gasteiger partial charge in [-0.3, -0.25) is 0 Å². The van der Waals surface area contributed by atoms with E-state index in [-0.39, 0.29) is 4.75 Å². The Morgan fingerprint density at radius 1 is 1.40 bits per heavy atom. The van der Waals surface area contributed by atoms with E-state index >= 15 is 0 Å². The molecular weight excluding hydrogens is 268 g/mol. The van der Waals surface area contributed by atoms with Gasteiger partial charge in [-0.05, 0) is 32.5 Å². The van der Waals surface area contributed by atoms with Gasteiger partial charge in [0.15, 0.2) is 5.82 Å². The predicted octanol–water partition coefficient (Wildman–Crippen LogP) is 2.17. The van der Waals surface area contributed by atoms with Crippen LogP contribution in [0.25, 0.3) is 5.65 Å². The molecule has 1 saturated heterocycles. The summed E-state index contributed by atoms with van der Waals surface area (Å²) in [6, 6.07) is 6.15. The fourth-order valence-electron chi connectivity index (χ4n) is 2.85. The van der Waals surface area contributed by atoms with E-state index in [9.17, 15) is 0 Å². The highest BCUT2D eigenvalue weighted by Crippen LogP contribution is 2.33. The van der Waals surface area contributed by atoms with Crippen LogP contribution in [0.2, 0.25) is 0 Å². The number of aromatic nitrogens is 2. The minimum Gasteiger partial charge on any atom is -0.353 e. The van der Waals surface area contributed by atoms with Crippen LogP contribution in [0.1, 0.15) is 19.5 Å². The van der Waals surface area contributed by atoms with Gasteiger partial charge >= 0.3 is 0 Å². The normalized spacial score (nSPS) is 18.6. The number of pyridine rings is 1. The molecule has 0 aromatic carbocycles. The maximum atomic E-state index is 5.80. The molecule has 2 aromatic heterocycles. The predicted molar refractivity (Wildman–Crippen MR) is 86.7 cm³/mol. The number of thioether (sulfide) groups is 1. The SMILES string of the molecule is CC1(C)CN(c2nc3ccccn3c2CCN)CCS1. The summed E-state index contributed by atoms with van der Waals surface area (Å²) in [7, 11) is 0. The second-order valence-electron chi connectivity index (χ2n) is 5.88. The first kappa shape index (κ1) is 13.8. The summed E-state index contributed by atoms with van der Waals surface area (Å²) in [5.41, 5.74) is 8.06. The van der Waals surface area contributed by atoms with Gasteiger partial charge in [-0.2, -0.15) is 11.8 Å². The van der Waals surface area contributed by atoms with Gasteiger partial charge < -0.3 is 15.0 Å².